The van der Waals surface area contributed by atoms with Crippen LogP contribution in [0.4, 0.5) is 11.4 Å². The van der Waals surface area contributed by atoms with E-state index in [4.69, 9.17) is 0 Å². The second-order valence-corrected chi connectivity index (χ2v) is 15.4. The third kappa shape index (κ3) is 5.42. The first-order valence-corrected chi connectivity index (χ1v) is 18.7. The number of hydrogen-bond donors (Lipinski definition) is 2. The number of nitrogens with one attached hydrogen (secondary N) is 1. The summed E-state index contributed by atoms with van der Waals surface area (Å²) >= 11 is 0. The zero-order valence-electron chi connectivity index (χ0n) is 31.5. The number of allylic oxidation sites excluding steroid dienone is 8. The van der Waals surface area contributed by atoms with E-state index in [1.54, 1.807) is 0 Å². The SMILES string of the molecule is CCNC(=O)C1(C(=O)O)CC(=CC=C2N(CC)c3ccc4ccccc4c3C2(C)C)C=C(C=CC2=[N+](CC)c3ccc4ccccc4c3C2(C)C)C1. The third-order valence-corrected chi connectivity index (χ3v) is 11.6. The smallest absolute Gasteiger partial charge is 0.319 e. The molecule has 266 valence electrons. The number of carboxylic acid groups (broad SMARTS) is 1. The molecule has 0 spiro atoms. The molecule has 1 aliphatic carbocycles. The van der Waals surface area contributed by atoms with Crippen LogP contribution in [0.3, 0.4) is 0 Å². The molecule has 4 aromatic rings. The molecular weight excluding hydrogens is 643 g/mol. The standard InChI is InChI=1S/C46H49N3O3/c1-8-47-42(50)46(43(51)52)28-30(19-25-38-44(4,5)40-34-17-13-11-15-32(34)21-23-36(40)48(38)9-2)27-31(29-46)20-26-39-45(6,7)41-35-18-14-12-16-33(35)22-24-37(41)49(39)10-3/h11-27H,8-10,28-29H2,1-7H3,(H-,47,50,51,52)/p+1. The average Bonchev–Trinajstić information content (AvgIpc) is 3.50. The number of carboxylic acids is 1. The molecule has 1 unspecified atom stereocenters. The Kier molecular flexibility index (Phi) is 8.85. The average molecular weight is 693 g/mol. The van der Waals surface area contributed by atoms with Crippen molar-refractivity contribution in [2.45, 2.75) is 72.1 Å². The van der Waals surface area contributed by atoms with Crippen molar-refractivity contribution in [3.05, 3.63) is 131 Å². The first-order valence-electron chi connectivity index (χ1n) is 18.7. The van der Waals surface area contributed by atoms with Crippen LogP contribution in [-0.4, -0.2) is 46.9 Å². The van der Waals surface area contributed by atoms with Crippen LogP contribution in [0, 0.1) is 5.41 Å². The highest BCUT2D eigenvalue weighted by molar-refractivity contribution is 6.08. The monoisotopic (exact) mass is 692 g/mol. The highest BCUT2D eigenvalue weighted by Gasteiger charge is 2.49. The fourth-order valence-electron chi connectivity index (χ4n) is 9.18. The van der Waals surface area contributed by atoms with Crippen molar-refractivity contribution in [2.75, 3.05) is 24.5 Å². The molecule has 1 amide bonds. The Hall–Kier alpha value is -5.23. The largest absolute Gasteiger partial charge is 0.480 e. The minimum absolute atomic E-state index is 0.109. The Bertz CT molecular complexity index is 2300. The number of carbonyl (C=O) groups excluding carboxylic acids is 1. The van der Waals surface area contributed by atoms with Crippen molar-refractivity contribution in [3.63, 3.8) is 0 Å². The predicted octanol–water partition coefficient (Wildman–Crippen LogP) is 9.50. The van der Waals surface area contributed by atoms with Crippen LogP contribution in [0.25, 0.3) is 21.5 Å². The number of amides is 1. The van der Waals surface area contributed by atoms with Gasteiger partial charge in [-0.3, -0.25) is 9.59 Å². The molecule has 0 bridgehead atoms. The molecule has 4 aromatic carbocycles. The van der Waals surface area contributed by atoms with Crippen molar-refractivity contribution in [2.24, 2.45) is 5.41 Å². The number of rotatable bonds is 8. The topological polar surface area (TPSA) is 72.7 Å². The lowest BCUT2D eigenvalue weighted by molar-refractivity contribution is -0.433. The Balaban J connectivity index is 1.33. The fourth-order valence-corrected chi connectivity index (χ4v) is 9.18. The minimum atomic E-state index is -1.62. The number of benzene rings is 4. The maximum atomic E-state index is 13.7. The molecule has 0 saturated carbocycles. The summed E-state index contributed by atoms with van der Waals surface area (Å²) in [4.78, 5) is 29.3. The fraction of sp³-hybridized carbons (Fsp3) is 0.326. The highest BCUT2D eigenvalue weighted by atomic mass is 16.4. The summed E-state index contributed by atoms with van der Waals surface area (Å²) in [5.41, 5.74) is 6.73. The zero-order valence-corrected chi connectivity index (χ0v) is 31.5. The second-order valence-electron chi connectivity index (χ2n) is 15.4. The zero-order chi connectivity index (χ0) is 37.0. The minimum Gasteiger partial charge on any atom is -0.480 e. The first-order chi connectivity index (χ1) is 24.9. The molecule has 2 aliphatic heterocycles. The molecular formula is C46H50N3O3+. The lowest BCUT2D eigenvalue weighted by atomic mass is 9.71. The van der Waals surface area contributed by atoms with E-state index in [0.717, 1.165) is 35.6 Å². The van der Waals surface area contributed by atoms with Gasteiger partial charge >= 0.3 is 5.97 Å². The van der Waals surface area contributed by atoms with Gasteiger partial charge in [0.15, 0.2) is 11.1 Å². The van der Waals surface area contributed by atoms with Crippen LogP contribution < -0.4 is 10.2 Å². The van der Waals surface area contributed by atoms with Gasteiger partial charge < -0.3 is 15.3 Å². The lowest BCUT2D eigenvalue weighted by Crippen LogP contribution is -2.48. The van der Waals surface area contributed by atoms with Crippen LogP contribution in [0.1, 0.15) is 72.4 Å². The molecule has 1 atom stereocenters. The van der Waals surface area contributed by atoms with Crippen molar-refractivity contribution in [1.29, 1.82) is 0 Å². The van der Waals surface area contributed by atoms with Gasteiger partial charge in [-0.15, -0.1) is 0 Å². The predicted molar refractivity (Wildman–Crippen MR) is 214 cm³/mol. The summed E-state index contributed by atoms with van der Waals surface area (Å²) in [6, 6.07) is 25.9. The molecule has 0 radical (unpaired) electrons. The van der Waals surface area contributed by atoms with Gasteiger partial charge in [0.2, 0.25) is 11.6 Å². The van der Waals surface area contributed by atoms with E-state index in [9.17, 15) is 14.7 Å². The number of nitrogens with zero attached hydrogens (tertiary/aromatic N) is 2. The summed E-state index contributed by atoms with van der Waals surface area (Å²) in [6.45, 7) is 17.2. The van der Waals surface area contributed by atoms with Crippen molar-refractivity contribution >= 4 is 50.5 Å². The highest BCUT2D eigenvalue weighted by Crippen LogP contribution is 2.51. The molecule has 52 heavy (non-hydrogen) atoms. The van der Waals surface area contributed by atoms with Gasteiger partial charge in [0, 0.05) is 47.6 Å². The summed E-state index contributed by atoms with van der Waals surface area (Å²) in [5.74, 6) is -1.55. The molecule has 2 heterocycles. The maximum absolute atomic E-state index is 13.7. The van der Waals surface area contributed by atoms with E-state index >= 15 is 0 Å². The number of aliphatic carboxylic acids is 1. The summed E-state index contributed by atoms with van der Waals surface area (Å²) < 4.78 is 2.36. The van der Waals surface area contributed by atoms with Crippen molar-refractivity contribution in [3.8, 4) is 0 Å². The number of likely N-dealkylation sites (N-methyl/N-ethyl adjacent to an activating group) is 1. The van der Waals surface area contributed by atoms with Gasteiger partial charge in [0.25, 0.3) is 0 Å². The lowest BCUT2D eigenvalue weighted by Gasteiger charge is -2.32. The van der Waals surface area contributed by atoms with E-state index < -0.39 is 17.3 Å². The van der Waals surface area contributed by atoms with Crippen LogP contribution in [0.5, 0.6) is 0 Å². The second kappa shape index (κ2) is 13.1. The van der Waals surface area contributed by atoms with Crippen LogP contribution >= 0.6 is 0 Å². The van der Waals surface area contributed by atoms with Gasteiger partial charge in [0.05, 0.1) is 5.41 Å². The molecule has 0 fully saturated rings. The molecule has 2 N–H and O–H groups in total. The summed E-state index contributed by atoms with van der Waals surface area (Å²) in [7, 11) is 0. The molecule has 0 saturated heterocycles. The van der Waals surface area contributed by atoms with E-state index in [0.29, 0.717) is 6.54 Å². The van der Waals surface area contributed by atoms with E-state index in [-0.39, 0.29) is 23.7 Å². The third-order valence-electron chi connectivity index (χ3n) is 11.6. The van der Waals surface area contributed by atoms with Gasteiger partial charge in [0.1, 0.15) is 6.54 Å². The Morgan fingerprint density at radius 1 is 0.808 bits per heavy atom. The van der Waals surface area contributed by atoms with Gasteiger partial charge in [-0.1, -0.05) is 86.7 Å². The van der Waals surface area contributed by atoms with Crippen LogP contribution in [-0.2, 0) is 20.4 Å². The van der Waals surface area contributed by atoms with Gasteiger partial charge in [-0.05, 0) is 104 Å². The molecule has 6 heteroatoms. The molecule has 7 rings (SSSR count). The van der Waals surface area contributed by atoms with E-state index in [1.807, 2.05) is 19.1 Å². The Morgan fingerprint density at radius 3 is 2.10 bits per heavy atom. The summed E-state index contributed by atoms with van der Waals surface area (Å²) in [6.07, 6.45) is 10.7. The first kappa shape index (κ1) is 35.2. The number of carbonyl (C=O) groups is 2. The van der Waals surface area contributed by atoms with Crippen LogP contribution in [0.15, 0.2) is 120 Å². The Morgan fingerprint density at radius 2 is 1.46 bits per heavy atom. The van der Waals surface area contributed by atoms with Crippen molar-refractivity contribution in [1.82, 2.24) is 5.32 Å². The number of hydrogen-bond acceptors (Lipinski definition) is 3. The number of fused-ring (bicyclic) bond motifs is 6. The quantitative estimate of drug-likeness (QED) is 0.143. The van der Waals surface area contributed by atoms with Gasteiger partial charge in [-0.2, -0.15) is 4.58 Å². The van der Waals surface area contributed by atoms with Crippen molar-refractivity contribution < 1.29 is 19.3 Å². The van der Waals surface area contributed by atoms with E-state index in [1.165, 1.54) is 44.0 Å². The maximum Gasteiger partial charge on any atom is 0.319 e. The molecule has 3 aliphatic rings. The van der Waals surface area contributed by atoms with Crippen LogP contribution in [0.2, 0.25) is 0 Å². The normalized spacial score (nSPS) is 22.1. The Labute approximate surface area is 307 Å². The van der Waals surface area contributed by atoms with Gasteiger partial charge in [-0.25, -0.2) is 0 Å². The summed E-state index contributed by atoms with van der Waals surface area (Å²) in [5, 5.41) is 18.5. The molecule has 6 nitrogen and oxygen atoms in total. The van der Waals surface area contributed by atoms with E-state index in [2.05, 4.69) is 147 Å². The number of anilines is 1. The molecule has 0 aromatic heterocycles.